The van der Waals surface area contributed by atoms with Crippen molar-refractivity contribution >= 4 is 22.7 Å². The van der Waals surface area contributed by atoms with Crippen molar-refractivity contribution in [3.8, 4) is 17.6 Å². The second-order valence-corrected chi connectivity index (χ2v) is 6.23. The van der Waals surface area contributed by atoms with Crippen molar-refractivity contribution in [1.82, 2.24) is 14.5 Å². The lowest BCUT2D eigenvalue weighted by Crippen LogP contribution is -1.98. The number of hydrogen-bond donors (Lipinski definition) is 1. The van der Waals surface area contributed by atoms with E-state index in [0.29, 0.717) is 17.2 Å². The molecule has 2 heterocycles. The van der Waals surface area contributed by atoms with E-state index in [0.717, 1.165) is 22.7 Å². The molecule has 0 radical (unpaired) electrons. The Morgan fingerprint density at radius 3 is 2.59 bits per heavy atom. The van der Waals surface area contributed by atoms with Crippen molar-refractivity contribution in [2.24, 2.45) is 7.05 Å². The topological polar surface area (TPSA) is 75.8 Å². The molecule has 6 heteroatoms. The number of ether oxygens (including phenoxy) is 1. The summed E-state index contributed by atoms with van der Waals surface area (Å²) in [4.78, 5) is 8.62. The van der Waals surface area contributed by atoms with Gasteiger partial charge in [-0.1, -0.05) is 17.7 Å². The van der Waals surface area contributed by atoms with Crippen LogP contribution in [0.2, 0.25) is 0 Å². The quantitative estimate of drug-likeness (QED) is 0.575. The highest BCUT2D eigenvalue weighted by atomic mass is 16.5. The van der Waals surface area contributed by atoms with Gasteiger partial charge in [-0.3, -0.25) is 0 Å². The molecule has 0 aliphatic heterocycles. The van der Waals surface area contributed by atoms with Crippen LogP contribution in [0.3, 0.4) is 0 Å². The Bertz CT molecular complexity index is 1160. The third-order valence-corrected chi connectivity index (χ3v) is 4.24. The summed E-state index contributed by atoms with van der Waals surface area (Å²) in [7, 11) is 1.97. The van der Waals surface area contributed by atoms with Gasteiger partial charge in [0, 0.05) is 31.1 Å². The highest BCUT2D eigenvalue weighted by Crippen LogP contribution is 2.28. The van der Waals surface area contributed by atoms with Crippen LogP contribution in [0.15, 0.2) is 60.8 Å². The predicted octanol–water partition coefficient (Wildman–Crippen LogP) is 4.68. The number of pyridine rings is 1. The minimum absolute atomic E-state index is 0.316. The fourth-order valence-electron chi connectivity index (χ4n) is 2.79. The van der Waals surface area contributed by atoms with Gasteiger partial charge in [0.15, 0.2) is 0 Å². The van der Waals surface area contributed by atoms with Gasteiger partial charge in [-0.25, -0.2) is 9.97 Å². The van der Waals surface area contributed by atoms with E-state index in [-0.39, 0.29) is 0 Å². The molecule has 6 nitrogen and oxygen atoms in total. The first-order valence-electron chi connectivity index (χ1n) is 8.46. The number of nitrogens with zero attached hydrogens (tertiary/aromatic N) is 4. The number of nitriles is 1. The molecule has 1 N–H and O–H groups in total. The number of fused-ring (bicyclic) bond motifs is 1. The van der Waals surface area contributed by atoms with Crippen molar-refractivity contribution in [3.05, 3.63) is 72.1 Å². The molecule has 0 aliphatic rings. The Hall–Kier alpha value is -3.85. The van der Waals surface area contributed by atoms with Crippen LogP contribution in [0, 0.1) is 18.3 Å². The molecule has 0 aliphatic carbocycles. The predicted molar refractivity (Wildman–Crippen MR) is 104 cm³/mol. The maximum Gasteiger partial charge on any atom is 0.208 e. The molecule has 0 spiro atoms. The van der Waals surface area contributed by atoms with Crippen LogP contribution < -0.4 is 10.1 Å². The molecule has 0 saturated heterocycles. The standard InChI is InChI=1S/C21H17N5O/c1-14-3-5-15(6-4-14)24-21-25-19-12-17(7-8-20(19)26(21)2)27-18-9-10-23-16(11-18)13-22/h3-12H,1-2H3,(H,24,25). The van der Waals surface area contributed by atoms with Crippen molar-refractivity contribution in [2.45, 2.75) is 6.92 Å². The van der Waals surface area contributed by atoms with Crippen LogP contribution in [0.25, 0.3) is 11.0 Å². The minimum atomic E-state index is 0.316. The molecule has 132 valence electrons. The summed E-state index contributed by atoms with van der Waals surface area (Å²) in [5, 5.41) is 12.3. The number of anilines is 2. The van der Waals surface area contributed by atoms with Crippen molar-refractivity contribution in [3.63, 3.8) is 0 Å². The van der Waals surface area contributed by atoms with E-state index in [9.17, 15) is 0 Å². The highest BCUT2D eigenvalue weighted by molar-refractivity contribution is 5.81. The molecule has 4 aromatic rings. The van der Waals surface area contributed by atoms with E-state index >= 15 is 0 Å². The van der Waals surface area contributed by atoms with Gasteiger partial charge in [0.1, 0.15) is 23.3 Å². The summed E-state index contributed by atoms with van der Waals surface area (Å²) in [6, 6.07) is 19.2. The van der Waals surface area contributed by atoms with E-state index in [4.69, 9.17) is 10.00 Å². The molecular weight excluding hydrogens is 338 g/mol. The first kappa shape index (κ1) is 16.6. The van der Waals surface area contributed by atoms with Crippen molar-refractivity contribution in [1.29, 1.82) is 5.26 Å². The lowest BCUT2D eigenvalue weighted by atomic mass is 10.2. The molecular formula is C21H17N5O. The lowest BCUT2D eigenvalue weighted by Gasteiger charge is -2.06. The number of rotatable bonds is 4. The van der Waals surface area contributed by atoms with E-state index in [1.165, 1.54) is 5.56 Å². The first-order chi connectivity index (χ1) is 13.1. The van der Waals surface area contributed by atoms with Crippen LogP contribution in [0.5, 0.6) is 11.5 Å². The minimum Gasteiger partial charge on any atom is -0.457 e. The normalized spacial score (nSPS) is 10.6. The third-order valence-electron chi connectivity index (χ3n) is 4.24. The van der Waals surface area contributed by atoms with Crippen molar-refractivity contribution < 1.29 is 4.74 Å². The zero-order chi connectivity index (χ0) is 18.8. The van der Waals surface area contributed by atoms with Crippen LogP contribution in [-0.2, 0) is 7.05 Å². The Morgan fingerprint density at radius 1 is 1.04 bits per heavy atom. The van der Waals surface area contributed by atoms with Gasteiger partial charge in [-0.05, 0) is 37.3 Å². The molecule has 2 aromatic heterocycles. The molecule has 0 saturated carbocycles. The van der Waals surface area contributed by atoms with E-state index < -0.39 is 0 Å². The van der Waals surface area contributed by atoms with Crippen molar-refractivity contribution in [2.75, 3.05) is 5.32 Å². The number of nitrogens with one attached hydrogen (secondary N) is 1. The Balaban J connectivity index is 1.62. The molecule has 0 amide bonds. The van der Waals surface area contributed by atoms with Crippen LogP contribution in [0.4, 0.5) is 11.6 Å². The molecule has 0 bridgehead atoms. The van der Waals surface area contributed by atoms with Gasteiger partial charge >= 0.3 is 0 Å². The molecule has 27 heavy (non-hydrogen) atoms. The molecule has 2 aromatic carbocycles. The second-order valence-electron chi connectivity index (χ2n) is 6.23. The zero-order valence-electron chi connectivity index (χ0n) is 15.0. The molecule has 0 atom stereocenters. The van der Waals surface area contributed by atoms with Gasteiger partial charge < -0.3 is 14.6 Å². The van der Waals surface area contributed by atoms with Crippen LogP contribution >= 0.6 is 0 Å². The smallest absolute Gasteiger partial charge is 0.208 e. The molecule has 0 unspecified atom stereocenters. The van der Waals surface area contributed by atoms with Gasteiger partial charge in [0.05, 0.1) is 11.0 Å². The zero-order valence-corrected chi connectivity index (χ0v) is 15.0. The Kier molecular flexibility index (Phi) is 4.19. The highest BCUT2D eigenvalue weighted by Gasteiger charge is 2.10. The van der Waals surface area contributed by atoms with E-state index in [1.807, 2.05) is 48.0 Å². The van der Waals surface area contributed by atoms with Gasteiger partial charge in [0.25, 0.3) is 0 Å². The maximum atomic E-state index is 8.95. The summed E-state index contributed by atoms with van der Waals surface area (Å²) in [5.74, 6) is 1.97. The van der Waals surface area contributed by atoms with Gasteiger partial charge in [0.2, 0.25) is 5.95 Å². The largest absolute Gasteiger partial charge is 0.457 e. The van der Waals surface area contributed by atoms with E-state index in [1.54, 1.807) is 18.3 Å². The summed E-state index contributed by atoms with van der Waals surface area (Å²) in [6.45, 7) is 2.06. The van der Waals surface area contributed by atoms with Crippen LogP contribution in [0.1, 0.15) is 11.3 Å². The third kappa shape index (κ3) is 3.44. The number of hydrogen-bond acceptors (Lipinski definition) is 5. The molecule has 4 rings (SSSR count). The van der Waals surface area contributed by atoms with Crippen LogP contribution in [-0.4, -0.2) is 14.5 Å². The number of aryl methyl sites for hydroxylation is 2. The maximum absolute atomic E-state index is 8.95. The average molecular weight is 355 g/mol. The Morgan fingerprint density at radius 2 is 1.81 bits per heavy atom. The SMILES string of the molecule is Cc1ccc(Nc2nc3cc(Oc4ccnc(C#N)c4)ccc3n2C)cc1. The van der Waals surface area contributed by atoms with Gasteiger partial charge in [-0.15, -0.1) is 0 Å². The fourth-order valence-corrected chi connectivity index (χ4v) is 2.79. The lowest BCUT2D eigenvalue weighted by molar-refractivity contribution is 0.482. The summed E-state index contributed by atoms with van der Waals surface area (Å²) >= 11 is 0. The van der Waals surface area contributed by atoms with Gasteiger partial charge in [-0.2, -0.15) is 5.26 Å². The fraction of sp³-hybridized carbons (Fsp3) is 0.0952. The summed E-state index contributed by atoms with van der Waals surface area (Å²) in [6.07, 6.45) is 1.55. The number of imidazole rings is 1. The average Bonchev–Trinajstić information content (AvgIpc) is 2.99. The monoisotopic (exact) mass is 355 g/mol. The first-order valence-corrected chi connectivity index (χ1v) is 8.46. The van der Waals surface area contributed by atoms with E-state index in [2.05, 4.69) is 34.3 Å². The number of benzene rings is 2. The summed E-state index contributed by atoms with van der Waals surface area (Å²) < 4.78 is 7.85. The Labute approximate surface area is 156 Å². The second kappa shape index (κ2) is 6.81. The summed E-state index contributed by atoms with van der Waals surface area (Å²) in [5.41, 5.74) is 4.32. The molecule has 0 fully saturated rings. The number of aromatic nitrogens is 3.